The van der Waals surface area contributed by atoms with Gasteiger partial charge in [0, 0.05) is 0 Å². The van der Waals surface area contributed by atoms with Crippen LogP contribution in [-0.2, 0) is 35.0 Å². The number of benzene rings is 1. The number of hydrogen-bond acceptors (Lipinski definition) is 11. The highest BCUT2D eigenvalue weighted by Gasteiger charge is 2.26. The second-order valence-corrected chi connectivity index (χ2v) is 10.7. The highest BCUT2D eigenvalue weighted by molar-refractivity contribution is 5.76. The zero-order valence-corrected chi connectivity index (χ0v) is 23.7. The first-order valence-electron chi connectivity index (χ1n) is 12.5. The lowest BCUT2D eigenvalue weighted by molar-refractivity contribution is -0.167. The first kappa shape index (κ1) is 32.7. The molecule has 0 bridgehead atoms. The lowest BCUT2D eigenvalue weighted by Gasteiger charge is -2.24. The fourth-order valence-electron chi connectivity index (χ4n) is 2.94. The van der Waals surface area contributed by atoms with E-state index in [9.17, 15) is 19.2 Å². The molecule has 1 rings (SSSR count). The van der Waals surface area contributed by atoms with Crippen LogP contribution >= 0.6 is 0 Å². The Labute approximate surface area is 224 Å². The van der Waals surface area contributed by atoms with Gasteiger partial charge in [0.1, 0.15) is 18.2 Å². The molecule has 3 atom stereocenters. The normalized spacial score (nSPS) is 13.8. The molecule has 0 amide bonds. The van der Waals surface area contributed by atoms with E-state index in [0.717, 1.165) is 0 Å². The number of hydrogen-bond donors (Lipinski definition) is 1. The van der Waals surface area contributed by atoms with E-state index in [2.05, 4.69) is 0 Å². The molecule has 0 heterocycles. The Morgan fingerprint density at radius 2 is 1.26 bits per heavy atom. The molecular weight excluding hydrogens is 498 g/mol. The molecule has 0 aliphatic carbocycles. The van der Waals surface area contributed by atoms with Crippen molar-refractivity contribution in [2.45, 2.75) is 106 Å². The molecule has 11 nitrogen and oxygen atoms in total. The van der Waals surface area contributed by atoms with Crippen LogP contribution in [0.15, 0.2) is 18.2 Å². The summed E-state index contributed by atoms with van der Waals surface area (Å²) in [6.07, 6.45) is -4.03. The maximum Gasteiger partial charge on any atom is 0.514 e. The highest BCUT2D eigenvalue weighted by atomic mass is 16.7. The van der Waals surface area contributed by atoms with Crippen molar-refractivity contribution in [2.24, 2.45) is 11.1 Å². The summed E-state index contributed by atoms with van der Waals surface area (Å²) >= 11 is 0. The number of ether oxygens (including phenoxy) is 6. The van der Waals surface area contributed by atoms with Crippen LogP contribution in [0.25, 0.3) is 0 Å². The molecule has 214 valence electrons. The largest absolute Gasteiger partial charge is 0.514 e. The zero-order valence-electron chi connectivity index (χ0n) is 23.7. The van der Waals surface area contributed by atoms with Gasteiger partial charge < -0.3 is 34.2 Å². The lowest BCUT2D eigenvalue weighted by Crippen LogP contribution is -2.39. The Kier molecular flexibility index (Phi) is 12.5. The number of carbonyl (C=O) groups excluding carboxylic acids is 4. The molecule has 1 aromatic rings. The molecule has 11 heteroatoms. The van der Waals surface area contributed by atoms with Gasteiger partial charge in [0.05, 0.1) is 18.6 Å². The Morgan fingerprint density at radius 3 is 1.76 bits per heavy atom. The molecular formula is C27H41NO10. The maximum absolute atomic E-state index is 12.6. The smallest absolute Gasteiger partial charge is 0.459 e. The van der Waals surface area contributed by atoms with Crippen molar-refractivity contribution < 1.29 is 47.6 Å². The Morgan fingerprint density at radius 1 is 0.763 bits per heavy atom. The van der Waals surface area contributed by atoms with Crippen LogP contribution in [-0.4, -0.2) is 54.7 Å². The average molecular weight is 540 g/mol. The molecule has 0 aliphatic heterocycles. The van der Waals surface area contributed by atoms with Crippen molar-refractivity contribution in [3.05, 3.63) is 23.8 Å². The summed E-state index contributed by atoms with van der Waals surface area (Å²) < 4.78 is 31.1. The minimum atomic E-state index is -1.08. The predicted molar refractivity (Wildman–Crippen MR) is 138 cm³/mol. The van der Waals surface area contributed by atoms with Gasteiger partial charge in [-0.25, -0.2) is 9.59 Å². The van der Waals surface area contributed by atoms with Crippen LogP contribution < -0.4 is 15.2 Å². The molecule has 0 saturated heterocycles. The van der Waals surface area contributed by atoms with Gasteiger partial charge in [-0.3, -0.25) is 9.59 Å². The van der Waals surface area contributed by atoms with Crippen molar-refractivity contribution in [1.82, 2.24) is 0 Å². The van der Waals surface area contributed by atoms with Gasteiger partial charge in [0.2, 0.25) is 0 Å². The number of rotatable bonds is 11. The first-order valence-corrected chi connectivity index (χ1v) is 12.5. The van der Waals surface area contributed by atoms with Gasteiger partial charge in [0.15, 0.2) is 11.5 Å². The minimum absolute atomic E-state index is 0.00997. The SMILES string of the molecule is CC(C)OC(=O)Oc1ccc(C[C@H](N)C(=O)O[C@@H](C)C(C)OC(=O)CC(C)(C)C)cc1OC(=O)OC(C)C. The van der Waals surface area contributed by atoms with Crippen LogP contribution in [0, 0.1) is 5.41 Å². The Balaban J connectivity index is 2.91. The molecule has 38 heavy (non-hydrogen) atoms. The van der Waals surface area contributed by atoms with Crippen molar-refractivity contribution in [3.63, 3.8) is 0 Å². The fourth-order valence-corrected chi connectivity index (χ4v) is 2.94. The Bertz CT molecular complexity index is 967. The third-order valence-corrected chi connectivity index (χ3v) is 4.77. The van der Waals surface area contributed by atoms with E-state index in [1.165, 1.54) is 12.1 Å². The summed E-state index contributed by atoms with van der Waals surface area (Å²) in [5, 5.41) is 0. The molecule has 0 aliphatic rings. The number of nitrogens with two attached hydrogens (primary N) is 1. The van der Waals surface area contributed by atoms with Crippen LogP contribution in [0.4, 0.5) is 9.59 Å². The molecule has 1 aromatic carbocycles. The monoisotopic (exact) mass is 539 g/mol. The van der Waals surface area contributed by atoms with Gasteiger partial charge >= 0.3 is 24.2 Å². The molecule has 0 fully saturated rings. The van der Waals surface area contributed by atoms with E-state index in [4.69, 9.17) is 34.2 Å². The van der Waals surface area contributed by atoms with Gasteiger partial charge in [-0.1, -0.05) is 26.8 Å². The minimum Gasteiger partial charge on any atom is -0.459 e. The summed E-state index contributed by atoms with van der Waals surface area (Å²) in [6, 6.07) is 3.24. The van der Waals surface area contributed by atoms with E-state index >= 15 is 0 Å². The summed E-state index contributed by atoms with van der Waals surface area (Å²) in [7, 11) is 0. The van der Waals surface area contributed by atoms with Crippen LogP contribution in [0.5, 0.6) is 11.5 Å². The van der Waals surface area contributed by atoms with Crippen molar-refractivity contribution in [1.29, 1.82) is 0 Å². The van der Waals surface area contributed by atoms with Gasteiger partial charge in [-0.05, 0) is 71.1 Å². The zero-order chi connectivity index (χ0) is 29.2. The van der Waals surface area contributed by atoms with Crippen molar-refractivity contribution in [3.8, 4) is 11.5 Å². The second-order valence-electron chi connectivity index (χ2n) is 10.7. The Hall–Kier alpha value is -3.34. The second kappa shape index (κ2) is 14.6. The van der Waals surface area contributed by atoms with Crippen molar-refractivity contribution >= 4 is 24.2 Å². The number of esters is 2. The summed E-state index contributed by atoms with van der Waals surface area (Å²) in [5.41, 5.74) is 6.31. The van der Waals surface area contributed by atoms with E-state index in [1.807, 2.05) is 20.8 Å². The van der Waals surface area contributed by atoms with Crippen molar-refractivity contribution in [2.75, 3.05) is 0 Å². The van der Waals surface area contributed by atoms with E-state index in [0.29, 0.717) is 5.56 Å². The van der Waals surface area contributed by atoms with Gasteiger partial charge in [0.25, 0.3) is 0 Å². The molecule has 0 aromatic heterocycles. The molecule has 0 radical (unpaired) electrons. The maximum atomic E-state index is 12.6. The van der Waals surface area contributed by atoms with Gasteiger partial charge in [-0.15, -0.1) is 0 Å². The van der Waals surface area contributed by atoms with Crippen LogP contribution in [0.1, 0.15) is 74.3 Å². The first-order chi connectivity index (χ1) is 17.5. The van der Waals surface area contributed by atoms with Crippen LogP contribution in [0.3, 0.4) is 0 Å². The van der Waals surface area contributed by atoms with E-state index in [1.54, 1.807) is 47.6 Å². The van der Waals surface area contributed by atoms with E-state index in [-0.39, 0.29) is 35.7 Å². The quantitative estimate of drug-likeness (QED) is 0.237. The summed E-state index contributed by atoms with van der Waals surface area (Å²) in [4.78, 5) is 48.7. The lowest BCUT2D eigenvalue weighted by atomic mass is 9.92. The predicted octanol–water partition coefficient (Wildman–Crippen LogP) is 4.70. The molecule has 2 N–H and O–H groups in total. The van der Waals surface area contributed by atoms with Gasteiger partial charge in [-0.2, -0.15) is 0 Å². The fraction of sp³-hybridized carbons (Fsp3) is 0.630. The van der Waals surface area contributed by atoms with E-state index < -0.39 is 48.7 Å². The molecule has 1 unspecified atom stereocenters. The number of carbonyl (C=O) groups is 4. The topological polar surface area (TPSA) is 150 Å². The average Bonchev–Trinajstić information content (AvgIpc) is 2.72. The highest BCUT2D eigenvalue weighted by Crippen LogP contribution is 2.30. The summed E-state index contributed by atoms with van der Waals surface area (Å²) in [6.45, 7) is 15.6. The standard InChI is InChI=1S/C27H41NO10/c1-15(2)33-25(31)37-21-11-10-19(13-22(21)38-26(32)34-16(3)4)12-20(28)24(30)36-18(6)17(5)35-23(29)14-27(7,8)9/h10-11,13,15-18,20H,12,14,28H2,1-9H3/t17?,18-,20-/m0/s1. The third kappa shape index (κ3) is 12.8. The summed E-state index contributed by atoms with van der Waals surface area (Å²) in [5.74, 6) is -1.31. The molecule has 0 saturated carbocycles. The molecule has 0 spiro atoms. The third-order valence-electron chi connectivity index (χ3n) is 4.77. The van der Waals surface area contributed by atoms with Crippen LogP contribution in [0.2, 0.25) is 0 Å².